The first kappa shape index (κ1) is 12.8. The minimum atomic E-state index is 0.0809. The zero-order valence-electron chi connectivity index (χ0n) is 10.7. The molecule has 0 atom stereocenters. The smallest absolute Gasteiger partial charge is 0.225 e. The van der Waals surface area contributed by atoms with Gasteiger partial charge in [-0.1, -0.05) is 29.8 Å². The van der Waals surface area contributed by atoms with Crippen LogP contribution in [-0.4, -0.2) is 5.91 Å². The molecule has 0 bridgehead atoms. The fraction of sp³-hybridized carbons (Fsp3) is 0.267. The van der Waals surface area contributed by atoms with Gasteiger partial charge in [0.2, 0.25) is 5.91 Å². The molecule has 18 heavy (non-hydrogen) atoms. The van der Waals surface area contributed by atoms with E-state index in [1.165, 1.54) is 16.7 Å². The van der Waals surface area contributed by atoms with Crippen molar-refractivity contribution in [2.24, 2.45) is 0 Å². The molecule has 1 aromatic carbocycles. The van der Waals surface area contributed by atoms with E-state index in [2.05, 4.69) is 37.4 Å². The van der Waals surface area contributed by atoms with Crippen molar-refractivity contribution in [1.82, 2.24) is 5.32 Å². The molecule has 0 saturated carbocycles. The van der Waals surface area contributed by atoms with Crippen LogP contribution in [0.5, 0.6) is 0 Å². The fourth-order valence-corrected chi connectivity index (χ4v) is 2.58. The summed E-state index contributed by atoms with van der Waals surface area (Å²) in [4.78, 5) is 12.9. The van der Waals surface area contributed by atoms with E-state index in [0.29, 0.717) is 13.0 Å². The lowest BCUT2D eigenvalue weighted by molar-refractivity contribution is -0.120. The van der Waals surface area contributed by atoms with Gasteiger partial charge in [0.15, 0.2) is 0 Å². The summed E-state index contributed by atoms with van der Waals surface area (Å²) in [6, 6.07) is 10.3. The van der Waals surface area contributed by atoms with Crippen LogP contribution >= 0.6 is 11.3 Å². The van der Waals surface area contributed by atoms with Crippen molar-refractivity contribution in [3.05, 3.63) is 57.3 Å². The molecule has 2 rings (SSSR count). The number of thiophene rings is 1. The predicted molar refractivity (Wildman–Crippen MR) is 75.8 cm³/mol. The monoisotopic (exact) mass is 259 g/mol. The Hall–Kier alpha value is -1.61. The molecule has 0 unspecified atom stereocenters. The molecule has 94 valence electrons. The van der Waals surface area contributed by atoms with Crippen LogP contribution in [-0.2, 0) is 17.8 Å². The normalized spacial score (nSPS) is 10.3. The molecule has 3 heteroatoms. The van der Waals surface area contributed by atoms with E-state index in [0.717, 1.165) is 4.88 Å². The summed E-state index contributed by atoms with van der Waals surface area (Å²) in [5, 5.41) is 4.96. The number of aryl methyl sites for hydroxylation is 2. The van der Waals surface area contributed by atoms with Crippen molar-refractivity contribution in [1.29, 1.82) is 0 Å². The number of carbonyl (C=O) groups excluding carboxylic acids is 1. The Morgan fingerprint density at radius 2 is 2.11 bits per heavy atom. The van der Waals surface area contributed by atoms with Gasteiger partial charge >= 0.3 is 0 Å². The van der Waals surface area contributed by atoms with E-state index in [1.807, 2.05) is 17.5 Å². The SMILES string of the molecule is Cc1ccc(CNC(=O)Cc2cccs2)c(C)c1. The molecule has 0 radical (unpaired) electrons. The van der Waals surface area contributed by atoms with Crippen molar-refractivity contribution < 1.29 is 4.79 Å². The Morgan fingerprint density at radius 3 is 2.78 bits per heavy atom. The number of benzene rings is 1. The van der Waals surface area contributed by atoms with Crippen LogP contribution in [0, 0.1) is 13.8 Å². The largest absolute Gasteiger partial charge is 0.352 e. The third-order valence-corrected chi connectivity index (χ3v) is 3.77. The molecule has 0 aliphatic heterocycles. The summed E-state index contributed by atoms with van der Waals surface area (Å²) in [6.45, 7) is 4.76. The second kappa shape index (κ2) is 5.83. The van der Waals surface area contributed by atoms with Gasteiger partial charge in [0, 0.05) is 11.4 Å². The number of nitrogens with one attached hydrogen (secondary N) is 1. The first-order valence-corrected chi connectivity index (χ1v) is 6.88. The predicted octanol–water partition coefficient (Wildman–Crippen LogP) is 3.22. The van der Waals surface area contributed by atoms with Gasteiger partial charge in [0.05, 0.1) is 6.42 Å². The quantitative estimate of drug-likeness (QED) is 0.897. The van der Waals surface area contributed by atoms with E-state index < -0.39 is 0 Å². The summed E-state index contributed by atoms with van der Waals surface area (Å²) in [5.74, 6) is 0.0809. The van der Waals surface area contributed by atoms with Gasteiger partial charge in [-0.15, -0.1) is 11.3 Å². The molecule has 0 saturated heterocycles. The Balaban J connectivity index is 1.89. The van der Waals surface area contributed by atoms with Crippen LogP contribution in [0.4, 0.5) is 0 Å². The lowest BCUT2D eigenvalue weighted by atomic mass is 10.1. The molecule has 1 amide bonds. The minimum absolute atomic E-state index is 0.0809. The molecule has 2 nitrogen and oxygen atoms in total. The standard InChI is InChI=1S/C15H17NOS/c1-11-5-6-13(12(2)8-11)10-16-15(17)9-14-4-3-7-18-14/h3-8H,9-10H2,1-2H3,(H,16,17). The van der Waals surface area contributed by atoms with Crippen LogP contribution < -0.4 is 5.32 Å². The number of amides is 1. The second-order valence-corrected chi connectivity index (χ2v) is 5.50. The molecular weight excluding hydrogens is 242 g/mol. The molecule has 1 N–H and O–H groups in total. The van der Waals surface area contributed by atoms with Gasteiger partial charge < -0.3 is 5.32 Å². The second-order valence-electron chi connectivity index (χ2n) is 4.46. The average Bonchev–Trinajstić information content (AvgIpc) is 2.80. The molecule has 0 aliphatic carbocycles. The van der Waals surface area contributed by atoms with Crippen LogP contribution in [0.15, 0.2) is 35.7 Å². The minimum Gasteiger partial charge on any atom is -0.352 e. The van der Waals surface area contributed by atoms with Crippen LogP contribution in [0.3, 0.4) is 0 Å². The Bertz CT molecular complexity index is 531. The number of carbonyl (C=O) groups is 1. The molecule has 0 aliphatic rings. The summed E-state index contributed by atoms with van der Waals surface area (Å²) in [5.41, 5.74) is 3.66. The first-order chi connectivity index (χ1) is 8.65. The maximum absolute atomic E-state index is 11.8. The Labute approximate surface area is 112 Å². The van der Waals surface area contributed by atoms with E-state index in [9.17, 15) is 4.79 Å². The van der Waals surface area contributed by atoms with Gasteiger partial charge in [-0.2, -0.15) is 0 Å². The van der Waals surface area contributed by atoms with Crippen molar-refractivity contribution in [2.75, 3.05) is 0 Å². The van der Waals surface area contributed by atoms with E-state index in [1.54, 1.807) is 11.3 Å². The van der Waals surface area contributed by atoms with Gasteiger partial charge in [0.25, 0.3) is 0 Å². The molecular formula is C15H17NOS. The lowest BCUT2D eigenvalue weighted by Gasteiger charge is -2.08. The highest BCUT2D eigenvalue weighted by Gasteiger charge is 2.05. The van der Waals surface area contributed by atoms with Crippen molar-refractivity contribution in [2.45, 2.75) is 26.8 Å². The van der Waals surface area contributed by atoms with Crippen LogP contribution in [0.1, 0.15) is 21.6 Å². The highest BCUT2D eigenvalue weighted by molar-refractivity contribution is 7.10. The highest BCUT2D eigenvalue weighted by atomic mass is 32.1. The zero-order chi connectivity index (χ0) is 13.0. The van der Waals surface area contributed by atoms with Crippen LogP contribution in [0.2, 0.25) is 0 Å². The molecule has 2 aromatic rings. The molecule has 1 heterocycles. The van der Waals surface area contributed by atoms with E-state index in [4.69, 9.17) is 0 Å². The number of hydrogen-bond acceptors (Lipinski definition) is 2. The van der Waals surface area contributed by atoms with Gasteiger partial charge in [-0.05, 0) is 36.4 Å². The third kappa shape index (κ3) is 3.44. The highest BCUT2D eigenvalue weighted by Crippen LogP contribution is 2.11. The Kier molecular flexibility index (Phi) is 4.15. The molecule has 1 aromatic heterocycles. The fourth-order valence-electron chi connectivity index (χ4n) is 1.87. The van der Waals surface area contributed by atoms with Crippen molar-refractivity contribution in [3.63, 3.8) is 0 Å². The summed E-state index contributed by atoms with van der Waals surface area (Å²) >= 11 is 1.62. The summed E-state index contributed by atoms with van der Waals surface area (Å²) in [6.07, 6.45) is 0.475. The van der Waals surface area contributed by atoms with Crippen LogP contribution in [0.25, 0.3) is 0 Å². The molecule has 0 fully saturated rings. The average molecular weight is 259 g/mol. The third-order valence-electron chi connectivity index (χ3n) is 2.89. The summed E-state index contributed by atoms with van der Waals surface area (Å²) in [7, 11) is 0. The van der Waals surface area contributed by atoms with Crippen molar-refractivity contribution >= 4 is 17.2 Å². The number of hydrogen-bond donors (Lipinski definition) is 1. The van der Waals surface area contributed by atoms with Gasteiger partial charge in [-0.25, -0.2) is 0 Å². The summed E-state index contributed by atoms with van der Waals surface area (Å²) < 4.78 is 0. The first-order valence-electron chi connectivity index (χ1n) is 6.00. The van der Waals surface area contributed by atoms with Gasteiger partial charge in [-0.3, -0.25) is 4.79 Å². The molecule has 0 spiro atoms. The van der Waals surface area contributed by atoms with Crippen molar-refractivity contribution in [3.8, 4) is 0 Å². The lowest BCUT2D eigenvalue weighted by Crippen LogP contribution is -2.24. The van der Waals surface area contributed by atoms with E-state index >= 15 is 0 Å². The maximum Gasteiger partial charge on any atom is 0.225 e. The topological polar surface area (TPSA) is 29.1 Å². The number of rotatable bonds is 4. The maximum atomic E-state index is 11.8. The van der Waals surface area contributed by atoms with Gasteiger partial charge in [0.1, 0.15) is 0 Å². The van der Waals surface area contributed by atoms with E-state index in [-0.39, 0.29) is 5.91 Å². The zero-order valence-corrected chi connectivity index (χ0v) is 11.5. The Morgan fingerprint density at radius 1 is 1.28 bits per heavy atom.